The topological polar surface area (TPSA) is 24.5 Å². The molecule has 1 N–H and O–H groups in total. The van der Waals surface area contributed by atoms with Gasteiger partial charge in [-0.25, -0.2) is 0 Å². The lowest BCUT2D eigenvalue weighted by Crippen LogP contribution is -2.45. The summed E-state index contributed by atoms with van der Waals surface area (Å²) in [6.45, 7) is 2.12. The number of rotatable bonds is 4. The van der Waals surface area contributed by atoms with Crippen molar-refractivity contribution in [3.63, 3.8) is 0 Å². The summed E-state index contributed by atoms with van der Waals surface area (Å²) >= 11 is 5.79. The summed E-state index contributed by atoms with van der Waals surface area (Å²) in [5.41, 5.74) is -0.452. The second-order valence-electron chi connectivity index (χ2n) is 6.53. The van der Waals surface area contributed by atoms with Gasteiger partial charge < -0.3 is 10.1 Å². The Kier molecular flexibility index (Phi) is 6.30. The van der Waals surface area contributed by atoms with Crippen LogP contribution in [0.15, 0.2) is 42.5 Å². The first-order chi connectivity index (χ1) is 13.5. The van der Waals surface area contributed by atoms with Crippen molar-refractivity contribution in [2.24, 2.45) is 0 Å². The van der Waals surface area contributed by atoms with Crippen LogP contribution in [0.2, 0.25) is 5.02 Å². The van der Waals surface area contributed by atoms with Gasteiger partial charge in [-0.1, -0.05) is 29.8 Å². The molecule has 2 aromatic rings. The van der Waals surface area contributed by atoms with E-state index in [4.69, 9.17) is 11.6 Å². The second-order valence-corrected chi connectivity index (χ2v) is 6.97. The van der Waals surface area contributed by atoms with Crippen LogP contribution in [0.1, 0.15) is 22.7 Å². The predicted octanol–water partition coefficient (Wildman–Crippen LogP) is 5.25. The van der Waals surface area contributed by atoms with E-state index in [-0.39, 0.29) is 10.6 Å². The molecule has 1 saturated heterocycles. The van der Waals surface area contributed by atoms with E-state index in [9.17, 15) is 26.3 Å². The SMILES string of the molecule is FC(F)(F)Oc1ccc([C@@H](c2ccc(Cl)cc2C(F)(F)F)N2CCNCC2)cc1. The average Bonchev–Trinajstić information content (AvgIpc) is 2.63. The average molecular weight is 439 g/mol. The number of halogens is 7. The molecule has 3 rings (SSSR count). The van der Waals surface area contributed by atoms with Gasteiger partial charge in [0.25, 0.3) is 0 Å². The normalized spacial score (nSPS) is 17.2. The quantitative estimate of drug-likeness (QED) is 0.660. The molecule has 3 nitrogen and oxygen atoms in total. The van der Waals surface area contributed by atoms with Gasteiger partial charge in [-0.05, 0) is 35.4 Å². The summed E-state index contributed by atoms with van der Waals surface area (Å²) in [6, 6.07) is 7.66. The minimum absolute atomic E-state index is 0.00621. The molecule has 158 valence electrons. The Hall–Kier alpha value is -1.97. The van der Waals surface area contributed by atoms with Gasteiger partial charge in [-0.15, -0.1) is 13.2 Å². The molecule has 0 bridgehead atoms. The lowest BCUT2D eigenvalue weighted by Gasteiger charge is -2.36. The van der Waals surface area contributed by atoms with Crippen molar-refractivity contribution in [3.05, 3.63) is 64.2 Å². The number of alkyl halides is 6. The Balaban J connectivity index is 2.05. The molecule has 1 fully saturated rings. The third kappa shape index (κ3) is 5.55. The fourth-order valence-electron chi connectivity index (χ4n) is 3.39. The molecule has 1 aliphatic heterocycles. The van der Waals surface area contributed by atoms with Gasteiger partial charge in [0.05, 0.1) is 11.6 Å². The van der Waals surface area contributed by atoms with E-state index < -0.39 is 29.9 Å². The van der Waals surface area contributed by atoms with Crippen LogP contribution in [0.5, 0.6) is 5.75 Å². The number of ether oxygens (including phenoxy) is 1. The van der Waals surface area contributed by atoms with Crippen LogP contribution in [-0.2, 0) is 6.18 Å². The first-order valence-corrected chi connectivity index (χ1v) is 9.09. The molecule has 0 spiro atoms. The molecule has 10 heteroatoms. The van der Waals surface area contributed by atoms with Crippen molar-refractivity contribution in [3.8, 4) is 5.75 Å². The Bertz CT molecular complexity index is 832. The van der Waals surface area contributed by atoms with Crippen molar-refractivity contribution >= 4 is 11.6 Å². The smallest absolute Gasteiger partial charge is 0.406 e. The fraction of sp³-hybridized carbons (Fsp3) is 0.368. The van der Waals surface area contributed by atoms with E-state index >= 15 is 0 Å². The minimum Gasteiger partial charge on any atom is -0.406 e. The Morgan fingerprint density at radius 1 is 0.931 bits per heavy atom. The molecule has 1 atom stereocenters. The number of piperazine rings is 1. The van der Waals surface area contributed by atoms with Crippen LogP contribution < -0.4 is 10.1 Å². The molecule has 0 radical (unpaired) electrons. The molecule has 1 heterocycles. The van der Waals surface area contributed by atoms with E-state index in [2.05, 4.69) is 10.1 Å². The van der Waals surface area contributed by atoms with Gasteiger partial charge in [0, 0.05) is 31.2 Å². The van der Waals surface area contributed by atoms with Crippen LogP contribution in [-0.4, -0.2) is 37.4 Å². The van der Waals surface area contributed by atoms with E-state index in [0.717, 1.165) is 18.2 Å². The molecule has 0 aliphatic carbocycles. The standard InChI is InChI=1S/C19H17ClF6N2O/c20-13-3-6-15(16(11-13)18(21,22)23)17(28-9-7-27-8-10-28)12-1-4-14(5-2-12)29-19(24,25)26/h1-6,11,17,27H,7-10H2/t17-/m0/s1. The monoisotopic (exact) mass is 438 g/mol. The molecular formula is C19H17ClF6N2O. The third-order valence-corrected chi connectivity index (χ3v) is 4.80. The zero-order valence-corrected chi connectivity index (χ0v) is 15.7. The van der Waals surface area contributed by atoms with E-state index in [1.807, 2.05) is 4.90 Å². The fourth-order valence-corrected chi connectivity index (χ4v) is 3.56. The first kappa shape index (κ1) is 21.7. The summed E-state index contributed by atoms with van der Waals surface area (Å²) < 4.78 is 82.1. The minimum atomic E-state index is -4.85. The number of hydrogen-bond donors (Lipinski definition) is 1. The van der Waals surface area contributed by atoms with Gasteiger partial charge in [0.2, 0.25) is 0 Å². The van der Waals surface area contributed by atoms with E-state index in [0.29, 0.717) is 31.7 Å². The molecule has 0 aromatic heterocycles. The molecule has 2 aromatic carbocycles. The van der Waals surface area contributed by atoms with Gasteiger partial charge in [-0.3, -0.25) is 4.90 Å². The molecule has 1 aliphatic rings. The molecule has 0 amide bonds. The summed E-state index contributed by atoms with van der Waals surface area (Å²) in [7, 11) is 0. The number of hydrogen-bond acceptors (Lipinski definition) is 3. The van der Waals surface area contributed by atoms with Crippen LogP contribution in [0, 0.1) is 0 Å². The predicted molar refractivity (Wildman–Crippen MR) is 95.9 cm³/mol. The molecule has 29 heavy (non-hydrogen) atoms. The first-order valence-electron chi connectivity index (χ1n) is 8.72. The van der Waals surface area contributed by atoms with Crippen molar-refractivity contribution < 1.29 is 31.1 Å². The number of nitrogens with zero attached hydrogens (tertiary/aromatic N) is 1. The Morgan fingerprint density at radius 2 is 1.55 bits per heavy atom. The van der Waals surface area contributed by atoms with Crippen LogP contribution in [0.3, 0.4) is 0 Å². The molecular weight excluding hydrogens is 422 g/mol. The van der Waals surface area contributed by atoms with Gasteiger partial charge in [0.1, 0.15) is 5.75 Å². The van der Waals surface area contributed by atoms with Gasteiger partial charge >= 0.3 is 12.5 Å². The van der Waals surface area contributed by atoms with Gasteiger partial charge in [0.15, 0.2) is 0 Å². The molecule has 0 unspecified atom stereocenters. The van der Waals surface area contributed by atoms with E-state index in [1.54, 1.807) is 0 Å². The van der Waals surface area contributed by atoms with Crippen molar-refractivity contribution in [2.75, 3.05) is 26.2 Å². The zero-order chi connectivity index (χ0) is 21.2. The highest BCUT2D eigenvalue weighted by Crippen LogP contribution is 2.40. The highest BCUT2D eigenvalue weighted by atomic mass is 35.5. The van der Waals surface area contributed by atoms with Crippen LogP contribution in [0.4, 0.5) is 26.3 Å². The third-order valence-electron chi connectivity index (χ3n) is 4.56. The van der Waals surface area contributed by atoms with Crippen molar-refractivity contribution in [1.29, 1.82) is 0 Å². The summed E-state index contributed by atoms with van der Waals surface area (Å²) in [6.07, 6.45) is -9.48. The van der Waals surface area contributed by atoms with Crippen LogP contribution >= 0.6 is 11.6 Å². The second kappa shape index (κ2) is 8.41. The summed E-state index contributed by atoms with van der Waals surface area (Å²) in [5.74, 6) is -0.438. The highest BCUT2D eigenvalue weighted by Gasteiger charge is 2.38. The summed E-state index contributed by atoms with van der Waals surface area (Å²) in [4.78, 5) is 1.86. The van der Waals surface area contributed by atoms with Crippen LogP contribution in [0.25, 0.3) is 0 Å². The van der Waals surface area contributed by atoms with E-state index in [1.165, 1.54) is 24.3 Å². The maximum Gasteiger partial charge on any atom is 0.573 e. The number of nitrogens with one attached hydrogen (secondary N) is 1. The van der Waals surface area contributed by atoms with Gasteiger partial charge in [-0.2, -0.15) is 13.2 Å². The zero-order valence-electron chi connectivity index (χ0n) is 14.9. The number of benzene rings is 2. The lowest BCUT2D eigenvalue weighted by molar-refractivity contribution is -0.274. The van der Waals surface area contributed by atoms with Crippen molar-refractivity contribution in [2.45, 2.75) is 18.6 Å². The maximum atomic E-state index is 13.7. The van der Waals surface area contributed by atoms with Crippen molar-refractivity contribution in [1.82, 2.24) is 10.2 Å². The Labute approximate surface area is 168 Å². The Morgan fingerprint density at radius 3 is 2.10 bits per heavy atom. The highest BCUT2D eigenvalue weighted by molar-refractivity contribution is 6.30. The molecule has 0 saturated carbocycles. The maximum absolute atomic E-state index is 13.7. The largest absolute Gasteiger partial charge is 0.573 e. The summed E-state index contributed by atoms with van der Waals surface area (Å²) in [5, 5.41) is 3.08. The lowest BCUT2D eigenvalue weighted by atomic mass is 9.92.